The molecule has 3 nitrogen and oxygen atoms in total. The summed E-state index contributed by atoms with van der Waals surface area (Å²) in [6.45, 7) is 3.94. The van der Waals surface area contributed by atoms with E-state index in [1.165, 1.54) is 0 Å². The van der Waals surface area contributed by atoms with Crippen LogP contribution < -0.4 is 0 Å². The van der Waals surface area contributed by atoms with Gasteiger partial charge in [0, 0.05) is 5.57 Å². The third-order valence-corrected chi connectivity index (χ3v) is 7.20. The van der Waals surface area contributed by atoms with Crippen LogP contribution in [0.4, 0.5) is 0 Å². The molecule has 2 aromatic rings. The Morgan fingerprint density at radius 2 is 1.65 bits per heavy atom. The molecule has 1 aliphatic carbocycles. The van der Waals surface area contributed by atoms with Crippen LogP contribution >= 0.6 is 0 Å². The number of hydrogen-bond acceptors (Lipinski definition) is 3. The minimum Gasteiger partial charge on any atom is -0.293 e. The molecule has 1 aliphatic rings. The van der Waals surface area contributed by atoms with E-state index in [2.05, 4.69) is 0 Å². The first-order valence-electron chi connectivity index (χ1n) is 9.05. The lowest BCUT2D eigenvalue weighted by Gasteiger charge is -2.30. The van der Waals surface area contributed by atoms with Crippen molar-refractivity contribution >= 4 is 21.2 Å². The molecule has 0 bridgehead atoms. The number of sulfone groups is 1. The van der Waals surface area contributed by atoms with Crippen molar-refractivity contribution in [3.63, 3.8) is 0 Å². The number of carbonyl (C=O) groups is 1. The van der Waals surface area contributed by atoms with Gasteiger partial charge in [0.1, 0.15) is 5.25 Å². The average molecular weight is 368 g/mol. The standard InChI is InChI=1S/C22H24O3S/c1-3-7-18-12-15-20(17-8-5-4-6-9-17)21(23)22(18)26(24,25)19-13-10-16(2)11-14-19/h4-6,8-11,13-15,18,22H,3,7,12H2,1-2H3/t18-,22+/m1/s1. The molecule has 0 unspecified atom stereocenters. The summed E-state index contributed by atoms with van der Waals surface area (Å²) in [6, 6.07) is 16.1. The van der Waals surface area contributed by atoms with E-state index in [1.807, 2.05) is 50.3 Å². The van der Waals surface area contributed by atoms with Gasteiger partial charge in [-0.2, -0.15) is 0 Å². The van der Waals surface area contributed by atoms with E-state index in [0.29, 0.717) is 12.0 Å². The van der Waals surface area contributed by atoms with Crippen molar-refractivity contribution in [3.8, 4) is 0 Å². The summed E-state index contributed by atoms with van der Waals surface area (Å²) in [4.78, 5) is 13.5. The first kappa shape index (κ1) is 18.6. The Morgan fingerprint density at radius 1 is 1.00 bits per heavy atom. The van der Waals surface area contributed by atoms with Gasteiger partial charge in [-0.05, 0) is 43.4 Å². The van der Waals surface area contributed by atoms with Gasteiger partial charge in [0.15, 0.2) is 15.6 Å². The Bertz CT molecular complexity index is 910. The second-order valence-electron chi connectivity index (χ2n) is 6.91. The predicted octanol–water partition coefficient (Wildman–Crippen LogP) is 4.61. The summed E-state index contributed by atoms with van der Waals surface area (Å²) >= 11 is 0. The Balaban J connectivity index is 2.05. The number of hydrogen-bond donors (Lipinski definition) is 0. The van der Waals surface area contributed by atoms with Crippen molar-refractivity contribution < 1.29 is 13.2 Å². The highest BCUT2D eigenvalue weighted by Gasteiger charge is 2.43. The molecule has 0 aliphatic heterocycles. The van der Waals surface area contributed by atoms with E-state index >= 15 is 0 Å². The highest BCUT2D eigenvalue weighted by Crippen LogP contribution is 2.36. The molecule has 3 rings (SSSR count). The highest BCUT2D eigenvalue weighted by molar-refractivity contribution is 7.93. The fourth-order valence-corrected chi connectivity index (χ4v) is 5.62. The van der Waals surface area contributed by atoms with Crippen molar-refractivity contribution in [1.82, 2.24) is 0 Å². The molecule has 2 atom stereocenters. The third-order valence-electron chi connectivity index (χ3n) is 5.00. The number of rotatable bonds is 5. The minimum atomic E-state index is -3.73. The molecule has 0 radical (unpaired) electrons. The first-order chi connectivity index (χ1) is 12.4. The molecule has 0 saturated carbocycles. The summed E-state index contributed by atoms with van der Waals surface area (Å²) < 4.78 is 26.6. The zero-order valence-electron chi connectivity index (χ0n) is 15.2. The maximum Gasteiger partial charge on any atom is 0.188 e. The van der Waals surface area contributed by atoms with E-state index in [1.54, 1.807) is 24.3 Å². The van der Waals surface area contributed by atoms with Gasteiger partial charge >= 0.3 is 0 Å². The number of aryl methyl sites for hydroxylation is 1. The second kappa shape index (κ2) is 7.58. The zero-order chi connectivity index (χ0) is 18.7. The van der Waals surface area contributed by atoms with Crippen LogP contribution in [0.25, 0.3) is 5.57 Å². The lowest BCUT2D eigenvalue weighted by atomic mass is 9.83. The smallest absolute Gasteiger partial charge is 0.188 e. The van der Waals surface area contributed by atoms with Crippen molar-refractivity contribution in [1.29, 1.82) is 0 Å². The van der Waals surface area contributed by atoms with E-state index in [0.717, 1.165) is 24.0 Å². The van der Waals surface area contributed by atoms with Gasteiger partial charge in [0.05, 0.1) is 4.90 Å². The number of Topliss-reactive ketones (excluding diaryl/α,β-unsaturated/α-hetero) is 1. The Kier molecular flexibility index (Phi) is 5.42. The van der Waals surface area contributed by atoms with Gasteiger partial charge in [-0.1, -0.05) is 67.4 Å². The van der Waals surface area contributed by atoms with Crippen LogP contribution in [0.15, 0.2) is 65.6 Å². The lowest BCUT2D eigenvalue weighted by molar-refractivity contribution is -0.114. The monoisotopic (exact) mass is 368 g/mol. The first-order valence-corrected chi connectivity index (χ1v) is 10.6. The Hall–Kier alpha value is -2.20. The molecule has 0 N–H and O–H groups in total. The van der Waals surface area contributed by atoms with Crippen molar-refractivity contribution in [3.05, 3.63) is 71.8 Å². The topological polar surface area (TPSA) is 51.2 Å². The maximum atomic E-state index is 13.3. The Morgan fingerprint density at radius 3 is 2.27 bits per heavy atom. The molecule has 136 valence electrons. The van der Waals surface area contributed by atoms with Crippen molar-refractivity contribution in [2.75, 3.05) is 0 Å². The van der Waals surface area contributed by atoms with Crippen LogP contribution in [0.5, 0.6) is 0 Å². The number of benzene rings is 2. The van der Waals surface area contributed by atoms with E-state index < -0.39 is 15.1 Å². The van der Waals surface area contributed by atoms with Crippen LogP contribution in [-0.4, -0.2) is 19.5 Å². The van der Waals surface area contributed by atoms with Gasteiger partial charge < -0.3 is 0 Å². The molecular formula is C22H24O3S. The number of allylic oxidation sites excluding steroid dienone is 2. The van der Waals surface area contributed by atoms with Gasteiger partial charge in [-0.15, -0.1) is 0 Å². The summed E-state index contributed by atoms with van der Waals surface area (Å²) in [6.07, 6.45) is 4.10. The molecule has 0 fully saturated rings. The largest absolute Gasteiger partial charge is 0.293 e. The summed E-state index contributed by atoms with van der Waals surface area (Å²) in [7, 11) is -3.73. The molecular weight excluding hydrogens is 344 g/mol. The van der Waals surface area contributed by atoms with Crippen LogP contribution in [0.1, 0.15) is 37.3 Å². The highest BCUT2D eigenvalue weighted by atomic mass is 32.2. The molecule has 26 heavy (non-hydrogen) atoms. The van der Waals surface area contributed by atoms with Crippen LogP contribution in [-0.2, 0) is 14.6 Å². The maximum absolute atomic E-state index is 13.3. The summed E-state index contributed by atoms with van der Waals surface area (Å²) in [5.74, 6) is -0.451. The molecule has 0 heterocycles. The molecule has 2 aromatic carbocycles. The molecule has 4 heteroatoms. The quantitative estimate of drug-likeness (QED) is 0.774. The minimum absolute atomic E-state index is 0.175. The average Bonchev–Trinajstić information content (AvgIpc) is 2.63. The van der Waals surface area contributed by atoms with E-state index in [4.69, 9.17) is 0 Å². The summed E-state index contributed by atoms with van der Waals surface area (Å²) in [5.41, 5.74) is 2.31. The van der Waals surface area contributed by atoms with Gasteiger partial charge in [-0.25, -0.2) is 8.42 Å². The molecule has 0 aromatic heterocycles. The zero-order valence-corrected chi connectivity index (χ0v) is 16.0. The lowest BCUT2D eigenvalue weighted by Crippen LogP contribution is -2.40. The van der Waals surface area contributed by atoms with E-state index in [9.17, 15) is 13.2 Å². The van der Waals surface area contributed by atoms with Gasteiger partial charge in [-0.3, -0.25) is 4.79 Å². The van der Waals surface area contributed by atoms with E-state index in [-0.39, 0.29) is 16.6 Å². The molecule has 0 spiro atoms. The molecule has 0 amide bonds. The van der Waals surface area contributed by atoms with Crippen LogP contribution in [0.3, 0.4) is 0 Å². The number of ketones is 1. The number of carbonyl (C=O) groups excluding carboxylic acids is 1. The Labute approximate surface area is 155 Å². The third kappa shape index (κ3) is 3.51. The van der Waals surface area contributed by atoms with Crippen LogP contribution in [0, 0.1) is 12.8 Å². The fraction of sp³-hybridized carbons (Fsp3) is 0.318. The van der Waals surface area contributed by atoms with Gasteiger partial charge in [0.25, 0.3) is 0 Å². The van der Waals surface area contributed by atoms with Crippen molar-refractivity contribution in [2.24, 2.45) is 5.92 Å². The second-order valence-corrected chi connectivity index (χ2v) is 8.98. The summed E-state index contributed by atoms with van der Waals surface area (Å²) in [5, 5.41) is -1.01. The van der Waals surface area contributed by atoms with Crippen LogP contribution in [0.2, 0.25) is 0 Å². The fourth-order valence-electron chi connectivity index (χ4n) is 3.65. The predicted molar refractivity (Wildman–Crippen MR) is 105 cm³/mol. The van der Waals surface area contributed by atoms with Crippen molar-refractivity contribution in [2.45, 2.75) is 43.3 Å². The van der Waals surface area contributed by atoms with Gasteiger partial charge in [0.2, 0.25) is 0 Å². The normalized spacial score (nSPS) is 20.7. The SMILES string of the molecule is CCC[C@@H]1CC=C(c2ccccc2)C(=O)[C@H]1S(=O)(=O)c1ccc(C)cc1. The molecule has 0 saturated heterocycles.